The summed E-state index contributed by atoms with van der Waals surface area (Å²) >= 11 is 1.61. The zero-order chi connectivity index (χ0) is 13.2. The molecule has 1 heterocycles. The Morgan fingerprint density at radius 3 is 2.47 bits per heavy atom. The van der Waals surface area contributed by atoms with Crippen molar-refractivity contribution in [2.45, 2.75) is 0 Å². The van der Waals surface area contributed by atoms with E-state index < -0.39 is 0 Å². The molecule has 5 heteroatoms. The van der Waals surface area contributed by atoms with Crippen LogP contribution in [0.25, 0.3) is 20.8 Å². The SMILES string of the molecule is CNc1ccc(-c2nc3ccc(NO)cc3s2)cc1. The largest absolute Gasteiger partial charge is 0.388 e. The number of anilines is 2. The van der Waals surface area contributed by atoms with Crippen LogP contribution in [0.15, 0.2) is 42.5 Å². The molecule has 4 nitrogen and oxygen atoms in total. The van der Waals surface area contributed by atoms with E-state index in [-0.39, 0.29) is 0 Å². The minimum absolute atomic E-state index is 0.674. The van der Waals surface area contributed by atoms with Gasteiger partial charge in [-0.2, -0.15) is 0 Å². The molecule has 3 aromatic rings. The van der Waals surface area contributed by atoms with Crippen LogP contribution in [0.4, 0.5) is 11.4 Å². The Balaban J connectivity index is 2.04. The van der Waals surface area contributed by atoms with E-state index in [4.69, 9.17) is 5.21 Å². The summed E-state index contributed by atoms with van der Waals surface area (Å²) in [7, 11) is 1.90. The van der Waals surface area contributed by atoms with Crippen molar-refractivity contribution in [3.8, 4) is 10.6 Å². The first-order chi connectivity index (χ1) is 9.30. The third kappa shape index (κ3) is 2.25. The van der Waals surface area contributed by atoms with Crippen LogP contribution in [-0.2, 0) is 0 Å². The predicted molar refractivity (Wildman–Crippen MR) is 80.0 cm³/mol. The van der Waals surface area contributed by atoms with E-state index in [1.54, 1.807) is 17.4 Å². The molecule has 0 amide bonds. The Kier molecular flexibility index (Phi) is 3.06. The predicted octanol–water partition coefficient (Wildman–Crippen LogP) is 3.81. The van der Waals surface area contributed by atoms with Crippen LogP contribution < -0.4 is 10.8 Å². The molecular weight excluding hydrogens is 258 g/mol. The average Bonchev–Trinajstić information content (AvgIpc) is 2.90. The van der Waals surface area contributed by atoms with E-state index >= 15 is 0 Å². The smallest absolute Gasteiger partial charge is 0.124 e. The molecular formula is C14H13N3OS. The van der Waals surface area contributed by atoms with E-state index in [0.29, 0.717) is 5.69 Å². The van der Waals surface area contributed by atoms with Crippen LogP contribution >= 0.6 is 11.3 Å². The van der Waals surface area contributed by atoms with Gasteiger partial charge in [-0.25, -0.2) is 4.98 Å². The van der Waals surface area contributed by atoms with Gasteiger partial charge in [-0.1, -0.05) is 0 Å². The average molecular weight is 271 g/mol. The lowest BCUT2D eigenvalue weighted by Crippen LogP contribution is -1.87. The van der Waals surface area contributed by atoms with Crippen molar-refractivity contribution in [3.05, 3.63) is 42.5 Å². The van der Waals surface area contributed by atoms with Crippen LogP contribution in [-0.4, -0.2) is 17.2 Å². The molecule has 0 bridgehead atoms. The Bertz CT molecular complexity index is 706. The minimum Gasteiger partial charge on any atom is -0.388 e. The van der Waals surface area contributed by atoms with Gasteiger partial charge < -0.3 is 5.32 Å². The molecule has 0 aliphatic carbocycles. The Hall–Kier alpha value is -2.11. The van der Waals surface area contributed by atoms with Crippen molar-refractivity contribution in [2.75, 3.05) is 17.8 Å². The summed E-state index contributed by atoms with van der Waals surface area (Å²) in [4.78, 5) is 4.60. The fourth-order valence-corrected chi connectivity index (χ4v) is 2.91. The minimum atomic E-state index is 0.674. The number of fused-ring (bicyclic) bond motifs is 1. The molecule has 1 aromatic heterocycles. The summed E-state index contributed by atoms with van der Waals surface area (Å²) in [5, 5.41) is 13.0. The second kappa shape index (κ2) is 4.87. The van der Waals surface area contributed by atoms with Crippen LogP contribution in [0.5, 0.6) is 0 Å². The number of rotatable bonds is 3. The van der Waals surface area contributed by atoms with Crippen molar-refractivity contribution in [2.24, 2.45) is 0 Å². The van der Waals surface area contributed by atoms with E-state index in [9.17, 15) is 0 Å². The molecule has 0 aliphatic rings. The first-order valence-electron chi connectivity index (χ1n) is 5.89. The Morgan fingerprint density at radius 2 is 1.79 bits per heavy atom. The normalized spacial score (nSPS) is 10.6. The highest BCUT2D eigenvalue weighted by molar-refractivity contribution is 7.21. The second-order valence-corrected chi connectivity index (χ2v) is 5.17. The number of nitrogens with one attached hydrogen (secondary N) is 2. The van der Waals surface area contributed by atoms with Crippen molar-refractivity contribution in [1.29, 1.82) is 0 Å². The third-order valence-electron chi connectivity index (χ3n) is 2.94. The molecule has 19 heavy (non-hydrogen) atoms. The van der Waals surface area contributed by atoms with E-state index in [1.165, 1.54) is 0 Å². The van der Waals surface area contributed by atoms with Gasteiger partial charge in [0.25, 0.3) is 0 Å². The number of nitrogens with zero attached hydrogens (tertiary/aromatic N) is 1. The zero-order valence-electron chi connectivity index (χ0n) is 10.3. The summed E-state index contributed by atoms with van der Waals surface area (Å²) in [6, 6.07) is 13.7. The zero-order valence-corrected chi connectivity index (χ0v) is 11.2. The molecule has 0 aliphatic heterocycles. The van der Waals surface area contributed by atoms with Gasteiger partial charge in [-0.3, -0.25) is 10.7 Å². The third-order valence-corrected chi connectivity index (χ3v) is 4.01. The fourth-order valence-electron chi connectivity index (χ4n) is 1.90. The lowest BCUT2D eigenvalue weighted by molar-refractivity contribution is 0.389. The maximum absolute atomic E-state index is 8.91. The number of benzene rings is 2. The van der Waals surface area contributed by atoms with Gasteiger partial charge >= 0.3 is 0 Å². The summed E-state index contributed by atoms with van der Waals surface area (Å²) < 4.78 is 1.05. The standard InChI is InChI=1S/C14H13N3OS/c1-15-10-4-2-9(3-5-10)14-16-12-7-6-11(17-18)8-13(12)19-14/h2-8,15,17-18H,1H3. The molecule has 0 spiro atoms. The molecule has 96 valence electrons. The van der Waals surface area contributed by atoms with Crippen molar-refractivity contribution in [3.63, 3.8) is 0 Å². The lowest BCUT2D eigenvalue weighted by atomic mass is 10.2. The topological polar surface area (TPSA) is 57.2 Å². The summed E-state index contributed by atoms with van der Waals surface area (Å²) in [5.41, 5.74) is 5.95. The first-order valence-corrected chi connectivity index (χ1v) is 6.70. The molecule has 0 saturated heterocycles. The molecule has 2 aromatic carbocycles. The van der Waals surface area contributed by atoms with Crippen molar-refractivity contribution < 1.29 is 5.21 Å². The van der Waals surface area contributed by atoms with Crippen LogP contribution in [0.3, 0.4) is 0 Å². The number of thiazole rings is 1. The summed E-state index contributed by atoms with van der Waals surface area (Å²) in [6.07, 6.45) is 0. The Labute approximate surface area is 114 Å². The van der Waals surface area contributed by atoms with E-state index in [2.05, 4.69) is 27.9 Å². The van der Waals surface area contributed by atoms with Crippen LogP contribution in [0.2, 0.25) is 0 Å². The van der Waals surface area contributed by atoms with Gasteiger partial charge in [-0.15, -0.1) is 11.3 Å². The Morgan fingerprint density at radius 1 is 1.05 bits per heavy atom. The fraction of sp³-hybridized carbons (Fsp3) is 0.0714. The molecule has 0 saturated carbocycles. The summed E-state index contributed by atoms with van der Waals surface area (Å²) in [5.74, 6) is 0. The number of hydrogen-bond acceptors (Lipinski definition) is 5. The number of hydrogen-bond donors (Lipinski definition) is 3. The highest BCUT2D eigenvalue weighted by Gasteiger charge is 2.06. The van der Waals surface area contributed by atoms with Crippen molar-refractivity contribution in [1.82, 2.24) is 4.98 Å². The van der Waals surface area contributed by atoms with Crippen LogP contribution in [0, 0.1) is 0 Å². The van der Waals surface area contributed by atoms with Crippen LogP contribution in [0.1, 0.15) is 0 Å². The summed E-state index contributed by atoms with van der Waals surface area (Å²) in [6.45, 7) is 0. The quantitative estimate of drug-likeness (QED) is 0.634. The van der Waals surface area contributed by atoms with Gasteiger partial charge in [0.1, 0.15) is 5.01 Å². The highest BCUT2D eigenvalue weighted by atomic mass is 32.1. The molecule has 0 fully saturated rings. The molecule has 3 N–H and O–H groups in total. The molecule has 3 rings (SSSR count). The lowest BCUT2D eigenvalue weighted by Gasteiger charge is -2.00. The first kappa shape index (κ1) is 12.0. The van der Waals surface area contributed by atoms with Gasteiger partial charge in [0, 0.05) is 18.3 Å². The molecule has 0 unspecified atom stereocenters. The number of aromatic nitrogens is 1. The second-order valence-electron chi connectivity index (χ2n) is 4.14. The van der Waals surface area contributed by atoms with Gasteiger partial charge in [0.05, 0.1) is 15.9 Å². The molecule has 0 radical (unpaired) electrons. The van der Waals surface area contributed by atoms with Gasteiger partial charge in [0.2, 0.25) is 0 Å². The van der Waals surface area contributed by atoms with Crippen molar-refractivity contribution >= 4 is 32.9 Å². The van der Waals surface area contributed by atoms with E-state index in [0.717, 1.165) is 26.5 Å². The van der Waals surface area contributed by atoms with Gasteiger partial charge in [0.15, 0.2) is 0 Å². The maximum Gasteiger partial charge on any atom is 0.124 e. The van der Waals surface area contributed by atoms with E-state index in [1.807, 2.05) is 31.3 Å². The maximum atomic E-state index is 8.91. The molecule has 0 atom stereocenters. The monoisotopic (exact) mass is 271 g/mol. The highest BCUT2D eigenvalue weighted by Crippen LogP contribution is 2.32. The van der Waals surface area contributed by atoms with Gasteiger partial charge in [-0.05, 0) is 42.5 Å².